The Kier molecular flexibility index (Phi) is 8.82. The summed E-state index contributed by atoms with van der Waals surface area (Å²) in [5.74, 6) is 0.570. The molecule has 0 bridgehead atoms. The molecule has 0 radical (unpaired) electrons. The zero-order valence-corrected chi connectivity index (χ0v) is 18.3. The van der Waals surface area contributed by atoms with Crippen molar-refractivity contribution in [2.45, 2.75) is 24.8 Å². The first-order chi connectivity index (χ1) is 14.4. The third kappa shape index (κ3) is 6.85. The molecule has 8 nitrogen and oxygen atoms in total. The molecule has 2 rings (SSSR count). The molecule has 0 aliphatic rings. The molecule has 0 aliphatic heterocycles. The molecule has 0 unspecified atom stereocenters. The number of nitrogens with zero attached hydrogens (tertiary/aromatic N) is 1. The van der Waals surface area contributed by atoms with E-state index in [0.717, 1.165) is 24.1 Å². The molecule has 4 N–H and O–H groups in total. The van der Waals surface area contributed by atoms with Crippen LogP contribution < -0.4 is 20.7 Å². The van der Waals surface area contributed by atoms with E-state index in [-0.39, 0.29) is 10.8 Å². The van der Waals surface area contributed by atoms with Gasteiger partial charge < -0.3 is 16.0 Å². The van der Waals surface area contributed by atoms with E-state index in [1.165, 1.54) is 7.05 Å². The number of hydrogen-bond acceptors (Lipinski definition) is 4. The van der Waals surface area contributed by atoms with Crippen LogP contribution >= 0.6 is 0 Å². The van der Waals surface area contributed by atoms with Crippen LogP contribution in [-0.2, 0) is 23.0 Å². The maximum absolute atomic E-state index is 11.8. The first-order valence-corrected chi connectivity index (χ1v) is 11.2. The van der Waals surface area contributed by atoms with Gasteiger partial charge in [0.05, 0.1) is 11.4 Å². The van der Waals surface area contributed by atoms with Gasteiger partial charge in [-0.3, -0.25) is 4.79 Å². The molecule has 0 aromatic heterocycles. The average molecular weight is 432 g/mol. The molecule has 0 saturated carbocycles. The fourth-order valence-corrected chi connectivity index (χ4v) is 3.47. The lowest BCUT2D eigenvalue weighted by atomic mass is 10.1. The van der Waals surface area contributed by atoms with Crippen LogP contribution in [0.15, 0.2) is 58.4 Å². The Morgan fingerprint density at radius 2 is 1.73 bits per heavy atom. The Hall–Kier alpha value is -2.91. The molecule has 162 valence electrons. The van der Waals surface area contributed by atoms with E-state index in [4.69, 9.17) is 0 Å². The zero-order chi connectivity index (χ0) is 22.0. The van der Waals surface area contributed by atoms with Gasteiger partial charge in [-0.25, -0.2) is 18.1 Å². The number of rotatable bonds is 9. The molecule has 0 atom stereocenters. The first-order valence-electron chi connectivity index (χ1n) is 9.75. The molecule has 2 aromatic carbocycles. The standard InChI is InChI=1S/C21H29N5O3S/c1-4-24-21(25-13-12-16-6-5-7-18(14-16)20(27)22-2)26-15-17-8-10-19(11-9-17)30(28,29)23-3/h5-11,14,23H,4,12-13,15H2,1-3H3,(H,22,27)(H2,24,25,26). The van der Waals surface area contributed by atoms with Gasteiger partial charge in [0.25, 0.3) is 5.91 Å². The molecule has 2 aromatic rings. The topological polar surface area (TPSA) is 112 Å². The van der Waals surface area contributed by atoms with Crippen LogP contribution in [0.25, 0.3) is 0 Å². The number of guanidine groups is 1. The molecule has 0 saturated heterocycles. The van der Waals surface area contributed by atoms with E-state index in [0.29, 0.717) is 24.6 Å². The molecule has 0 heterocycles. The Bertz CT molecular complexity index is 972. The number of carbonyl (C=O) groups excluding carboxylic acids is 1. The molecular formula is C21H29N5O3S. The van der Waals surface area contributed by atoms with Crippen LogP contribution in [0.3, 0.4) is 0 Å². The highest BCUT2D eigenvalue weighted by molar-refractivity contribution is 7.89. The van der Waals surface area contributed by atoms with Crippen molar-refractivity contribution in [3.8, 4) is 0 Å². The van der Waals surface area contributed by atoms with Crippen LogP contribution in [0.4, 0.5) is 0 Å². The third-order valence-electron chi connectivity index (χ3n) is 4.39. The maximum atomic E-state index is 11.8. The zero-order valence-electron chi connectivity index (χ0n) is 17.5. The molecule has 0 spiro atoms. The summed E-state index contributed by atoms with van der Waals surface area (Å²) >= 11 is 0. The highest BCUT2D eigenvalue weighted by Crippen LogP contribution is 2.11. The highest BCUT2D eigenvalue weighted by Gasteiger charge is 2.10. The lowest BCUT2D eigenvalue weighted by Gasteiger charge is -2.12. The van der Waals surface area contributed by atoms with E-state index in [1.54, 1.807) is 37.4 Å². The van der Waals surface area contributed by atoms with Gasteiger partial charge in [0.15, 0.2) is 5.96 Å². The summed E-state index contributed by atoms with van der Waals surface area (Å²) in [6.07, 6.45) is 0.742. The minimum atomic E-state index is -3.44. The van der Waals surface area contributed by atoms with Gasteiger partial charge in [-0.05, 0) is 55.8 Å². The fraction of sp³-hybridized carbons (Fsp3) is 0.333. The molecule has 30 heavy (non-hydrogen) atoms. The van der Waals surface area contributed by atoms with Crippen LogP contribution in [0.1, 0.15) is 28.4 Å². The van der Waals surface area contributed by atoms with Crippen molar-refractivity contribution in [1.29, 1.82) is 0 Å². The predicted octanol–water partition coefficient (Wildman–Crippen LogP) is 1.25. The van der Waals surface area contributed by atoms with Crippen LogP contribution in [-0.4, -0.2) is 47.5 Å². The van der Waals surface area contributed by atoms with Gasteiger partial charge >= 0.3 is 0 Å². The summed E-state index contributed by atoms with van der Waals surface area (Å²) in [5, 5.41) is 9.10. The summed E-state index contributed by atoms with van der Waals surface area (Å²) in [7, 11) is -0.439. The van der Waals surface area contributed by atoms with Crippen LogP contribution in [0.2, 0.25) is 0 Å². The van der Waals surface area contributed by atoms with Gasteiger partial charge in [0, 0.05) is 25.7 Å². The average Bonchev–Trinajstić information content (AvgIpc) is 2.77. The van der Waals surface area contributed by atoms with E-state index < -0.39 is 10.0 Å². The Morgan fingerprint density at radius 1 is 1.00 bits per heavy atom. The first kappa shape index (κ1) is 23.4. The second-order valence-corrected chi connectivity index (χ2v) is 8.39. The SMILES string of the molecule is CCNC(=NCc1ccc(S(=O)(=O)NC)cc1)NCCc1cccc(C(=O)NC)c1. The third-order valence-corrected chi connectivity index (χ3v) is 5.82. The Balaban J connectivity index is 1.95. The van der Waals surface area contributed by atoms with Crippen LogP contribution in [0, 0.1) is 0 Å². The van der Waals surface area contributed by atoms with Crippen molar-refractivity contribution in [2.24, 2.45) is 4.99 Å². The van der Waals surface area contributed by atoms with Gasteiger partial charge in [-0.2, -0.15) is 0 Å². The molecular weight excluding hydrogens is 402 g/mol. The number of carbonyl (C=O) groups is 1. The maximum Gasteiger partial charge on any atom is 0.251 e. The molecule has 0 fully saturated rings. The highest BCUT2D eigenvalue weighted by atomic mass is 32.2. The van der Waals surface area contributed by atoms with Crippen molar-refractivity contribution in [1.82, 2.24) is 20.7 Å². The monoisotopic (exact) mass is 431 g/mol. The summed E-state index contributed by atoms with van der Waals surface area (Å²) in [6, 6.07) is 14.2. The normalized spacial score (nSPS) is 11.8. The minimum Gasteiger partial charge on any atom is -0.357 e. The Labute approximate surface area is 178 Å². The van der Waals surface area contributed by atoms with Crippen molar-refractivity contribution in [3.63, 3.8) is 0 Å². The van der Waals surface area contributed by atoms with Gasteiger partial charge in [-0.15, -0.1) is 0 Å². The quantitative estimate of drug-likeness (QED) is 0.353. The number of amides is 1. The van der Waals surface area contributed by atoms with Crippen molar-refractivity contribution < 1.29 is 13.2 Å². The number of benzene rings is 2. The fourth-order valence-electron chi connectivity index (χ4n) is 2.74. The van der Waals surface area contributed by atoms with Gasteiger partial charge in [0.2, 0.25) is 10.0 Å². The van der Waals surface area contributed by atoms with Gasteiger partial charge in [-0.1, -0.05) is 24.3 Å². The lowest BCUT2D eigenvalue weighted by Crippen LogP contribution is -2.38. The largest absolute Gasteiger partial charge is 0.357 e. The molecule has 1 amide bonds. The number of hydrogen-bond donors (Lipinski definition) is 4. The van der Waals surface area contributed by atoms with E-state index in [1.807, 2.05) is 25.1 Å². The summed E-state index contributed by atoms with van der Waals surface area (Å²) in [5.41, 5.74) is 2.60. The summed E-state index contributed by atoms with van der Waals surface area (Å²) in [4.78, 5) is 16.5. The predicted molar refractivity (Wildman–Crippen MR) is 119 cm³/mol. The summed E-state index contributed by atoms with van der Waals surface area (Å²) in [6.45, 7) is 3.78. The van der Waals surface area contributed by atoms with Crippen LogP contribution in [0.5, 0.6) is 0 Å². The minimum absolute atomic E-state index is 0.103. The van der Waals surface area contributed by atoms with Crippen molar-refractivity contribution >= 4 is 21.9 Å². The van der Waals surface area contributed by atoms with E-state index >= 15 is 0 Å². The van der Waals surface area contributed by atoms with Crippen molar-refractivity contribution in [2.75, 3.05) is 27.2 Å². The number of nitrogens with one attached hydrogen (secondary N) is 4. The van der Waals surface area contributed by atoms with Gasteiger partial charge in [0.1, 0.15) is 0 Å². The molecule has 0 aliphatic carbocycles. The van der Waals surface area contributed by atoms with E-state index in [2.05, 4.69) is 25.7 Å². The summed E-state index contributed by atoms with van der Waals surface area (Å²) < 4.78 is 25.9. The second kappa shape index (κ2) is 11.3. The molecule has 9 heteroatoms. The lowest BCUT2D eigenvalue weighted by molar-refractivity contribution is 0.0963. The second-order valence-electron chi connectivity index (χ2n) is 6.50. The number of aliphatic imine (C=N–C) groups is 1. The Morgan fingerprint density at radius 3 is 2.37 bits per heavy atom. The van der Waals surface area contributed by atoms with E-state index in [9.17, 15) is 13.2 Å². The smallest absolute Gasteiger partial charge is 0.251 e. The van der Waals surface area contributed by atoms with Crippen molar-refractivity contribution in [3.05, 3.63) is 65.2 Å². The number of sulfonamides is 1.